The molecule has 1 aromatic heterocycles. The number of hydrogen-bond donors (Lipinski definition) is 2. The Morgan fingerprint density at radius 1 is 1.10 bits per heavy atom. The molecule has 2 aromatic rings. The Morgan fingerprint density at radius 3 is 2.30 bits per heavy atom. The Labute approximate surface area is 131 Å². The molecule has 1 aromatic carbocycles. The maximum absolute atomic E-state index is 12.0. The van der Waals surface area contributed by atoms with E-state index in [-0.39, 0.29) is 5.75 Å². The first-order valence-corrected chi connectivity index (χ1v) is 9.24. The molecule has 1 heterocycles. The van der Waals surface area contributed by atoms with Crippen LogP contribution in [0.2, 0.25) is 0 Å². The van der Waals surface area contributed by atoms with Crippen molar-refractivity contribution in [3.8, 4) is 0 Å². The molecule has 0 aliphatic carbocycles. The van der Waals surface area contributed by atoms with Gasteiger partial charge in [0, 0.05) is 18.0 Å². The quantitative estimate of drug-likeness (QED) is 0.815. The Bertz CT molecular complexity index is 666. The second-order valence-electron chi connectivity index (χ2n) is 4.31. The van der Waals surface area contributed by atoms with Crippen LogP contribution >= 0.6 is 27.3 Å². The van der Waals surface area contributed by atoms with E-state index in [0.717, 1.165) is 19.8 Å². The van der Waals surface area contributed by atoms with Crippen LogP contribution in [0.25, 0.3) is 0 Å². The van der Waals surface area contributed by atoms with E-state index in [0.29, 0.717) is 13.1 Å². The Hall–Kier alpha value is -0.730. The number of thiophene rings is 1. The zero-order chi connectivity index (χ0) is 14.6. The van der Waals surface area contributed by atoms with Gasteiger partial charge in [-0.2, -0.15) is 0 Å². The monoisotopic (exact) mass is 374 g/mol. The number of nitrogens with two attached hydrogens (primary N) is 1. The smallest absolute Gasteiger partial charge is 0.216 e. The molecule has 2 rings (SSSR count). The molecule has 0 radical (unpaired) electrons. The summed E-state index contributed by atoms with van der Waals surface area (Å²) in [4.78, 5) is 0.971. The summed E-state index contributed by atoms with van der Waals surface area (Å²) >= 11 is 4.87. The van der Waals surface area contributed by atoms with Gasteiger partial charge in [0.05, 0.1) is 9.54 Å². The summed E-state index contributed by atoms with van der Waals surface area (Å²) in [6.45, 7) is 0.776. The van der Waals surface area contributed by atoms with Gasteiger partial charge in [-0.05, 0) is 39.2 Å². The molecule has 20 heavy (non-hydrogen) atoms. The zero-order valence-electron chi connectivity index (χ0n) is 10.7. The van der Waals surface area contributed by atoms with Crippen molar-refractivity contribution in [2.45, 2.75) is 18.8 Å². The van der Waals surface area contributed by atoms with Gasteiger partial charge < -0.3 is 5.73 Å². The van der Waals surface area contributed by atoms with E-state index in [1.807, 2.05) is 24.3 Å². The minimum atomic E-state index is -3.33. The molecule has 0 unspecified atom stereocenters. The van der Waals surface area contributed by atoms with Crippen LogP contribution in [-0.4, -0.2) is 8.42 Å². The standard InChI is InChI=1S/C13H15BrN2O2S2/c14-13-6-5-12(19-13)8-16-20(17,18)9-11-3-1-10(7-15)2-4-11/h1-6,16H,7-9,15H2. The number of benzene rings is 1. The third kappa shape index (κ3) is 4.68. The molecule has 0 aliphatic rings. The van der Waals surface area contributed by atoms with Gasteiger partial charge in [0.1, 0.15) is 0 Å². The number of hydrogen-bond acceptors (Lipinski definition) is 4. The molecule has 4 nitrogen and oxygen atoms in total. The lowest BCUT2D eigenvalue weighted by Gasteiger charge is -2.06. The van der Waals surface area contributed by atoms with E-state index in [4.69, 9.17) is 5.73 Å². The van der Waals surface area contributed by atoms with Crippen LogP contribution in [0.15, 0.2) is 40.2 Å². The van der Waals surface area contributed by atoms with Gasteiger partial charge in [0.15, 0.2) is 0 Å². The number of rotatable bonds is 6. The predicted molar refractivity (Wildman–Crippen MR) is 85.8 cm³/mol. The molecular weight excluding hydrogens is 360 g/mol. The second kappa shape index (κ2) is 6.82. The number of sulfonamides is 1. The summed E-state index contributed by atoms with van der Waals surface area (Å²) in [6, 6.07) is 11.1. The fourth-order valence-corrected chi connectivity index (χ4v) is 4.29. The van der Waals surface area contributed by atoms with Gasteiger partial charge in [-0.1, -0.05) is 24.3 Å². The molecule has 0 atom stereocenters. The SMILES string of the molecule is NCc1ccc(CS(=O)(=O)NCc2ccc(Br)s2)cc1. The lowest BCUT2D eigenvalue weighted by Crippen LogP contribution is -2.24. The van der Waals surface area contributed by atoms with E-state index >= 15 is 0 Å². The molecule has 0 saturated heterocycles. The van der Waals surface area contributed by atoms with Crippen molar-refractivity contribution in [3.63, 3.8) is 0 Å². The van der Waals surface area contributed by atoms with Crippen molar-refractivity contribution in [1.82, 2.24) is 4.72 Å². The minimum Gasteiger partial charge on any atom is -0.326 e. The van der Waals surface area contributed by atoms with Gasteiger partial charge in [0.25, 0.3) is 0 Å². The van der Waals surface area contributed by atoms with Crippen LogP contribution < -0.4 is 10.5 Å². The summed E-state index contributed by atoms with van der Waals surface area (Å²) in [7, 11) is -3.33. The molecule has 7 heteroatoms. The summed E-state index contributed by atoms with van der Waals surface area (Å²) in [5.41, 5.74) is 7.25. The van der Waals surface area contributed by atoms with Gasteiger partial charge in [-0.25, -0.2) is 13.1 Å². The Balaban J connectivity index is 1.96. The van der Waals surface area contributed by atoms with Crippen molar-refractivity contribution >= 4 is 37.3 Å². The first kappa shape index (κ1) is 15.7. The van der Waals surface area contributed by atoms with E-state index in [9.17, 15) is 8.42 Å². The highest BCUT2D eigenvalue weighted by Gasteiger charge is 2.11. The first-order chi connectivity index (χ1) is 9.48. The normalized spacial score (nSPS) is 11.7. The average molecular weight is 375 g/mol. The highest BCUT2D eigenvalue weighted by atomic mass is 79.9. The summed E-state index contributed by atoms with van der Waals surface area (Å²) in [5.74, 6) is -0.0234. The van der Waals surface area contributed by atoms with Crippen molar-refractivity contribution < 1.29 is 8.42 Å². The third-order valence-corrected chi connectivity index (χ3v) is 5.63. The lowest BCUT2D eigenvalue weighted by atomic mass is 10.1. The van der Waals surface area contributed by atoms with Crippen molar-refractivity contribution in [3.05, 3.63) is 56.2 Å². The highest BCUT2D eigenvalue weighted by Crippen LogP contribution is 2.22. The van der Waals surface area contributed by atoms with Crippen molar-refractivity contribution in [2.24, 2.45) is 5.73 Å². The van der Waals surface area contributed by atoms with Gasteiger partial charge in [0.2, 0.25) is 10.0 Å². The topological polar surface area (TPSA) is 72.2 Å². The predicted octanol–water partition coefficient (Wildman–Crippen LogP) is 2.59. The highest BCUT2D eigenvalue weighted by molar-refractivity contribution is 9.11. The van der Waals surface area contributed by atoms with Gasteiger partial charge >= 0.3 is 0 Å². The zero-order valence-corrected chi connectivity index (χ0v) is 13.9. The molecule has 0 aliphatic heterocycles. The lowest BCUT2D eigenvalue weighted by molar-refractivity contribution is 0.581. The summed E-state index contributed by atoms with van der Waals surface area (Å²) < 4.78 is 27.6. The number of halogens is 1. The molecular formula is C13H15BrN2O2S2. The third-order valence-electron chi connectivity index (χ3n) is 2.71. The molecule has 3 N–H and O–H groups in total. The van der Waals surface area contributed by atoms with E-state index in [1.165, 1.54) is 11.3 Å². The largest absolute Gasteiger partial charge is 0.326 e. The molecule has 0 fully saturated rings. The average Bonchev–Trinajstić information content (AvgIpc) is 2.83. The van der Waals surface area contributed by atoms with Crippen LogP contribution in [-0.2, 0) is 28.9 Å². The van der Waals surface area contributed by atoms with Crippen LogP contribution in [0.3, 0.4) is 0 Å². The summed E-state index contributed by atoms with van der Waals surface area (Å²) in [6.07, 6.45) is 0. The molecule has 0 spiro atoms. The maximum atomic E-state index is 12.0. The van der Waals surface area contributed by atoms with E-state index in [2.05, 4.69) is 20.7 Å². The van der Waals surface area contributed by atoms with Gasteiger partial charge in [-0.3, -0.25) is 0 Å². The van der Waals surface area contributed by atoms with E-state index < -0.39 is 10.0 Å². The fourth-order valence-electron chi connectivity index (χ4n) is 1.67. The van der Waals surface area contributed by atoms with Gasteiger partial charge in [-0.15, -0.1) is 11.3 Å². The second-order valence-corrected chi connectivity index (χ2v) is 8.66. The molecule has 0 amide bonds. The minimum absolute atomic E-state index is 0.0234. The van der Waals surface area contributed by atoms with Crippen LogP contribution in [0.1, 0.15) is 16.0 Å². The Morgan fingerprint density at radius 2 is 1.75 bits per heavy atom. The number of nitrogens with one attached hydrogen (secondary N) is 1. The van der Waals surface area contributed by atoms with Crippen LogP contribution in [0.5, 0.6) is 0 Å². The van der Waals surface area contributed by atoms with Crippen molar-refractivity contribution in [1.29, 1.82) is 0 Å². The maximum Gasteiger partial charge on any atom is 0.216 e. The fraction of sp³-hybridized carbons (Fsp3) is 0.231. The van der Waals surface area contributed by atoms with E-state index in [1.54, 1.807) is 12.1 Å². The molecule has 108 valence electrons. The first-order valence-electron chi connectivity index (χ1n) is 5.98. The van der Waals surface area contributed by atoms with Crippen molar-refractivity contribution in [2.75, 3.05) is 0 Å². The summed E-state index contributed by atoms with van der Waals surface area (Å²) in [5, 5.41) is 0. The molecule has 0 saturated carbocycles. The van der Waals surface area contributed by atoms with Crippen LogP contribution in [0, 0.1) is 0 Å². The Kier molecular flexibility index (Phi) is 5.34. The molecule has 0 bridgehead atoms. The van der Waals surface area contributed by atoms with Crippen LogP contribution in [0.4, 0.5) is 0 Å².